The van der Waals surface area contributed by atoms with Crippen LogP contribution in [0, 0.1) is 0 Å². The van der Waals surface area contributed by atoms with Gasteiger partial charge in [0, 0.05) is 20.0 Å². The molecule has 0 amide bonds. The molecule has 82 valence electrons. The topological polar surface area (TPSA) is 38.7 Å². The Bertz CT molecular complexity index is 203. The molecular weight excluding hydrogens is 180 g/mol. The molecule has 0 bridgehead atoms. The van der Waals surface area contributed by atoms with E-state index < -0.39 is 5.60 Å². The quantitative estimate of drug-likeness (QED) is 0.702. The molecule has 1 N–H and O–H groups in total. The van der Waals surface area contributed by atoms with Crippen LogP contribution < -0.4 is 0 Å². The summed E-state index contributed by atoms with van der Waals surface area (Å²) in [5.41, 5.74) is -0.0606. The van der Waals surface area contributed by atoms with E-state index in [4.69, 9.17) is 9.47 Å². The van der Waals surface area contributed by atoms with Gasteiger partial charge in [-0.05, 0) is 19.4 Å². The molecule has 1 fully saturated rings. The predicted octanol–water partition coefficient (Wildman–Crippen LogP) is 1.51. The van der Waals surface area contributed by atoms with E-state index in [-0.39, 0.29) is 12.2 Å². The monoisotopic (exact) mass is 200 g/mol. The molecule has 0 aromatic heterocycles. The molecule has 14 heavy (non-hydrogen) atoms. The van der Waals surface area contributed by atoms with E-state index in [9.17, 15) is 5.11 Å². The van der Waals surface area contributed by atoms with E-state index in [1.807, 2.05) is 13.8 Å². The largest absolute Gasteiger partial charge is 0.385 e. The van der Waals surface area contributed by atoms with Crippen molar-refractivity contribution in [2.75, 3.05) is 13.7 Å². The lowest BCUT2D eigenvalue weighted by molar-refractivity contribution is -0.117. The van der Waals surface area contributed by atoms with Gasteiger partial charge in [-0.25, -0.2) is 0 Å². The number of rotatable bonds is 3. The van der Waals surface area contributed by atoms with Crippen molar-refractivity contribution in [3.05, 3.63) is 12.2 Å². The minimum atomic E-state index is -0.812. The molecule has 0 aliphatic carbocycles. The first-order valence-electron chi connectivity index (χ1n) is 5.03. The Hall–Kier alpha value is -0.380. The van der Waals surface area contributed by atoms with E-state index in [0.29, 0.717) is 19.4 Å². The lowest BCUT2D eigenvalue weighted by Crippen LogP contribution is -2.45. The Morgan fingerprint density at radius 1 is 1.50 bits per heavy atom. The highest BCUT2D eigenvalue weighted by Gasteiger charge is 2.38. The van der Waals surface area contributed by atoms with E-state index in [2.05, 4.69) is 6.58 Å². The van der Waals surface area contributed by atoms with Gasteiger partial charge in [0.25, 0.3) is 0 Å². The molecule has 1 aliphatic rings. The van der Waals surface area contributed by atoms with Gasteiger partial charge >= 0.3 is 0 Å². The molecule has 3 heteroatoms. The molecule has 0 aromatic carbocycles. The third-order valence-electron chi connectivity index (χ3n) is 2.69. The number of hydrogen-bond acceptors (Lipinski definition) is 3. The number of aliphatic hydroxyl groups is 1. The van der Waals surface area contributed by atoms with Crippen molar-refractivity contribution in [1.82, 2.24) is 0 Å². The fraction of sp³-hybridized carbons (Fsp3) is 0.818. The summed E-state index contributed by atoms with van der Waals surface area (Å²) in [7, 11) is 1.61. The molecular formula is C11H20O3. The SMILES string of the molecule is C=C(COC)C1(O)CC(C)OC(C)C1. The van der Waals surface area contributed by atoms with Crippen LogP contribution in [0.3, 0.4) is 0 Å². The zero-order valence-electron chi connectivity index (χ0n) is 9.25. The van der Waals surface area contributed by atoms with Crippen molar-refractivity contribution < 1.29 is 14.6 Å². The van der Waals surface area contributed by atoms with Crippen LogP contribution in [0.4, 0.5) is 0 Å². The maximum Gasteiger partial charge on any atom is 0.0925 e. The molecule has 3 nitrogen and oxygen atoms in total. The summed E-state index contributed by atoms with van der Waals surface area (Å²) in [5.74, 6) is 0. The number of methoxy groups -OCH3 is 1. The normalized spacial score (nSPS) is 38.3. The zero-order valence-corrected chi connectivity index (χ0v) is 9.25. The average Bonchev–Trinajstić information content (AvgIpc) is 2.01. The Labute approximate surface area is 85.7 Å². The van der Waals surface area contributed by atoms with E-state index in [1.165, 1.54) is 0 Å². The Morgan fingerprint density at radius 3 is 2.43 bits per heavy atom. The third-order valence-corrected chi connectivity index (χ3v) is 2.69. The lowest BCUT2D eigenvalue weighted by atomic mass is 9.82. The first-order valence-corrected chi connectivity index (χ1v) is 5.03. The summed E-state index contributed by atoms with van der Waals surface area (Å²) in [5, 5.41) is 10.4. The lowest BCUT2D eigenvalue weighted by Gasteiger charge is -2.40. The smallest absolute Gasteiger partial charge is 0.0925 e. The summed E-state index contributed by atoms with van der Waals surface area (Å²) in [6.07, 6.45) is 1.38. The van der Waals surface area contributed by atoms with Crippen LogP contribution in [0.2, 0.25) is 0 Å². The first kappa shape index (κ1) is 11.7. The number of hydrogen-bond donors (Lipinski definition) is 1. The highest BCUT2D eigenvalue weighted by molar-refractivity contribution is 5.15. The maximum atomic E-state index is 10.4. The van der Waals surface area contributed by atoms with Gasteiger partial charge in [0.2, 0.25) is 0 Å². The van der Waals surface area contributed by atoms with Crippen molar-refractivity contribution in [3.8, 4) is 0 Å². The van der Waals surface area contributed by atoms with Gasteiger partial charge in [0.1, 0.15) is 0 Å². The van der Waals surface area contributed by atoms with Crippen LogP contribution in [-0.4, -0.2) is 36.6 Å². The summed E-state index contributed by atoms with van der Waals surface area (Å²) in [6, 6.07) is 0. The fourth-order valence-electron chi connectivity index (χ4n) is 2.12. The first-order chi connectivity index (χ1) is 6.48. The summed E-state index contributed by atoms with van der Waals surface area (Å²) < 4.78 is 10.6. The standard InChI is InChI=1S/C11H20O3/c1-8(7-13-4)11(12)5-9(2)14-10(3)6-11/h9-10,12H,1,5-7H2,2-4H3. The Morgan fingerprint density at radius 2 is 2.00 bits per heavy atom. The minimum absolute atomic E-state index is 0.0809. The van der Waals surface area contributed by atoms with E-state index in [0.717, 1.165) is 5.57 Å². The van der Waals surface area contributed by atoms with Crippen molar-refractivity contribution in [3.63, 3.8) is 0 Å². The molecule has 0 aromatic rings. The molecule has 1 heterocycles. The molecule has 2 unspecified atom stereocenters. The van der Waals surface area contributed by atoms with Crippen molar-refractivity contribution in [2.45, 2.75) is 44.5 Å². The molecule has 0 spiro atoms. The van der Waals surface area contributed by atoms with E-state index in [1.54, 1.807) is 7.11 Å². The van der Waals surface area contributed by atoms with Gasteiger partial charge in [0.05, 0.1) is 24.4 Å². The second-order valence-corrected chi connectivity index (χ2v) is 4.23. The van der Waals surface area contributed by atoms with Crippen LogP contribution in [0.25, 0.3) is 0 Å². The van der Waals surface area contributed by atoms with Crippen molar-refractivity contribution in [2.24, 2.45) is 0 Å². The van der Waals surface area contributed by atoms with Crippen LogP contribution >= 0.6 is 0 Å². The summed E-state index contributed by atoms with van der Waals surface area (Å²) in [6.45, 7) is 8.24. The molecule has 0 radical (unpaired) electrons. The van der Waals surface area contributed by atoms with Crippen LogP contribution in [0.15, 0.2) is 12.2 Å². The second kappa shape index (κ2) is 4.43. The average molecular weight is 200 g/mol. The molecule has 2 atom stereocenters. The highest BCUT2D eigenvalue weighted by atomic mass is 16.5. The van der Waals surface area contributed by atoms with Crippen LogP contribution in [-0.2, 0) is 9.47 Å². The molecule has 1 aliphatic heterocycles. The third kappa shape index (κ3) is 2.56. The zero-order chi connectivity index (χ0) is 10.8. The summed E-state index contributed by atoms with van der Waals surface area (Å²) >= 11 is 0. The molecule has 1 saturated heterocycles. The van der Waals surface area contributed by atoms with Gasteiger partial charge in [-0.2, -0.15) is 0 Å². The van der Waals surface area contributed by atoms with Gasteiger partial charge in [0.15, 0.2) is 0 Å². The Balaban J connectivity index is 2.67. The van der Waals surface area contributed by atoms with Gasteiger partial charge in [-0.15, -0.1) is 0 Å². The van der Waals surface area contributed by atoms with Gasteiger partial charge < -0.3 is 14.6 Å². The van der Waals surface area contributed by atoms with Gasteiger partial charge in [-0.3, -0.25) is 0 Å². The van der Waals surface area contributed by atoms with Crippen LogP contribution in [0.1, 0.15) is 26.7 Å². The van der Waals surface area contributed by atoms with Crippen molar-refractivity contribution in [1.29, 1.82) is 0 Å². The Kier molecular flexibility index (Phi) is 3.70. The molecule has 1 rings (SSSR count). The van der Waals surface area contributed by atoms with Crippen LogP contribution in [0.5, 0.6) is 0 Å². The predicted molar refractivity (Wildman–Crippen MR) is 55.2 cm³/mol. The minimum Gasteiger partial charge on any atom is -0.385 e. The maximum absolute atomic E-state index is 10.4. The number of ether oxygens (including phenoxy) is 2. The second-order valence-electron chi connectivity index (χ2n) is 4.23. The molecule has 0 saturated carbocycles. The fourth-order valence-corrected chi connectivity index (χ4v) is 2.12. The van der Waals surface area contributed by atoms with Crippen molar-refractivity contribution >= 4 is 0 Å². The van der Waals surface area contributed by atoms with E-state index >= 15 is 0 Å². The van der Waals surface area contributed by atoms with Gasteiger partial charge in [-0.1, -0.05) is 6.58 Å². The summed E-state index contributed by atoms with van der Waals surface area (Å²) in [4.78, 5) is 0. The highest BCUT2D eigenvalue weighted by Crippen LogP contribution is 2.33.